The first-order valence-electron chi connectivity index (χ1n) is 10.7. The zero-order chi connectivity index (χ0) is 20.5. The summed E-state index contributed by atoms with van der Waals surface area (Å²) >= 11 is 0. The molecular formula is C20H37F3N4O. The van der Waals surface area contributed by atoms with E-state index in [0.717, 1.165) is 57.9 Å². The molecule has 5 nitrogen and oxygen atoms in total. The number of nitrogens with zero attached hydrogens (tertiary/aromatic N) is 2. The van der Waals surface area contributed by atoms with Crippen molar-refractivity contribution in [2.75, 3.05) is 53.0 Å². The van der Waals surface area contributed by atoms with E-state index in [9.17, 15) is 13.2 Å². The number of ether oxygens (including phenoxy) is 1. The maximum Gasteiger partial charge on any atom is 0.401 e. The van der Waals surface area contributed by atoms with E-state index in [1.54, 1.807) is 7.11 Å². The Morgan fingerprint density at radius 3 is 2.46 bits per heavy atom. The van der Waals surface area contributed by atoms with Crippen LogP contribution in [0, 0.1) is 11.3 Å². The van der Waals surface area contributed by atoms with Crippen LogP contribution in [-0.2, 0) is 4.74 Å². The quantitative estimate of drug-likeness (QED) is 0.431. The molecule has 164 valence electrons. The Balaban J connectivity index is 1.70. The van der Waals surface area contributed by atoms with E-state index in [1.807, 2.05) is 0 Å². The zero-order valence-electron chi connectivity index (χ0n) is 17.4. The molecule has 1 saturated heterocycles. The number of methoxy groups -OCH3 is 1. The van der Waals surface area contributed by atoms with Gasteiger partial charge in [0.15, 0.2) is 5.96 Å². The molecule has 2 fully saturated rings. The van der Waals surface area contributed by atoms with Crippen molar-refractivity contribution in [3.63, 3.8) is 0 Å². The van der Waals surface area contributed by atoms with Gasteiger partial charge < -0.3 is 15.4 Å². The summed E-state index contributed by atoms with van der Waals surface area (Å²) in [4.78, 5) is 6.32. The average Bonchev–Trinajstić information content (AvgIpc) is 2.60. The Bertz CT molecular complexity index is 473. The summed E-state index contributed by atoms with van der Waals surface area (Å²) < 4.78 is 42.7. The molecule has 8 heteroatoms. The fraction of sp³-hybridized carbons (Fsp3) is 0.950. The summed E-state index contributed by atoms with van der Waals surface area (Å²) in [6.07, 6.45) is 3.33. The summed E-state index contributed by atoms with van der Waals surface area (Å²) in [5, 5.41) is 6.71. The number of nitrogens with one attached hydrogen (secondary N) is 2. The van der Waals surface area contributed by atoms with Gasteiger partial charge in [-0.1, -0.05) is 6.42 Å². The smallest absolute Gasteiger partial charge is 0.385 e. The summed E-state index contributed by atoms with van der Waals surface area (Å²) in [6, 6.07) is 0. The minimum Gasteiger partial charge on any atom is -0.385 e. The Morgan fingerprint density at radius 1 is 1.21 bits per heavy atom. The fourth-order valence-corrected chi connectivity index (χ4v) is 4.15. The van der Waals surface area contributed by atoms with Crippen LogP contribution in [0.1, 0.15) is 51.9 Å². The van der Waals surface area contributed by atoms with Crippen molar-refractivity contribution in [2.45, 2.75) is 58.0 Å². The van der Waals surface area contributed by atoms with Crippen LogP contribution in [0.5, 0.6) is 0 Å². The van der Waals surface area contributed by atoms with E-state index in [0.29, 0.717) is 24.4 Å². The normalized spacial score (nSPS) is 21.4. The first-order chi connectivity index (χ1) is 13.4. The molecular weight excluding hydrogens is 369 g/mol. The number of alkyl halides is 3. The maximum absolute atomic E-state index is 12.5. The molecule has 1 heterocycles. The number of likely N-dealkylation sites (tertiary alicyclic amines) is 1. The third kappa shape index (κ3) is 8.15. The van der Waals surface area contributed by atoms with E-state index in [4.69, 9.17) is 9.73 Å². The molecule has 0 spiro atoms. The van der Waals surface area contributed by atoms with Gasteiger partial charge in [-0.15, -0.1) is 0 Å². The Morgan fingerprint density at radius 2 is 1.93 bits per heavy atom. The molecule has 2 N–H and O–H groups in total. The van der Waals surface area contributed by atoms with Gasteiger partial charge in [0, 0.05) is 33.4 Å². The van der Waals surface area contributed by atoms with E-state index in [2.05, 4.69) is 17.6 Å². The van der Waals surface area contributed by atoms with E-state index >= 15 is 0 Å². The molecule has 0 unspecified atom stereocenters. The molecule has 28 heavy (non-hydrogen) atoms. The first kappa shape index (κ1) is 23.3. The van der Waals surface area contributed by atoms with Crippen molar-refractivity contribution in [3.8, 4) is 0 Å². The third-order valence-electron chi connectivity index (χ3n) is 6.12. The number of halogens is 3. The zero-order valence-corrected chi connectivity index (χ0v) is 17.4. The SMILES string of the molecule is CCNC(=NCC1(CCOC)CCC1)NCCC1CCN(CC(F)(F)F)CC1. The molecule has 0 aromatic rings. The lowest BCUT2D eigenvalue weighted by Gasteiger charge is -2.40. The van der Waals surface area contributed by atoms with Gasteiger partial charge in [-0.05, 0) is 69.9 Å². The van der Waals surface area contributed by atoms with E-state index in [-0.39, 0.29) is 0 Å². The van der Waals surface area contributed by atoms with Crippen molar-refractivity contribution in [1.82, 2.24) is 15.5 Å². The van der Waals surface area contributed by atoms with Gasteiger partial charge >= 0.3 is 6.18 Å². The van der Waals surface area contributed by atoms with Gasteiger partial charge in [0.25, 0.3) is 0 Å². The van der Waals surface area contributed by atoms with Gasteiger partial charge in [-0.3, -0.25) is 9.89 Å². The molecule has 0 aromatic heterocycles. The van der Waals surface area contributed by atoms with Gasteiger partial charge in [0.2, 0.25) is 0 Å². The molecule has 2 aliphatic rings. The molecule has 1 aliphatic carbocycles. The molecule has 0 aromatic carbocycles. The topological polar surface area (TPSA) is 48.9 Å². The predicted octanol–water partition coefficient (Wildman–Crippen LogP) is 3.41. The number of piperidine rings is 1. The standard InChI is InChI=1S/C20H37F3N4O/c1-3-24-18(26-15-19(8-4-9-19)10-14-28-2)25-11-5-17-6-12-27(13-7-17)16-20(21,22)23/h17H,3-16H2,1-2H3,(H2,24,25,26). The van der Waals surface area contributed by atoms with Crippen LogP contribution in [0.25, 0.3) is 0 Å². The third-order valence-corrected chi connectivity index (χ3v) is 6.12. The predicted molar refractivity (Wildman–Crippen MR) is 107 cm³/mol. The Hall–Kier alpha value is -1.02. The molecule has 1 saturated carbocycles. The highest BCUT2D eigenvalue weighted by Crippen LogP contribution is 2.44. The molecule has 0 atom stereocenters. The number of guanidine groups is 1. The molecule has 2 rings (SSSR count). The van der Waals surface area contributed by atoms with Crippen LogP contribution in [0.2, 0.25) is 0 Å². The van der Waals surface area contributed by atoms with Crippen LogP contribution >= 0.6 is 0 Å². The van der Waals surface area contributed by atoms with Crippen molar-refractivity contribution in [2.24, 2.45) is 16.3 Å². The lowest BCUT2D eigenvalue weighted by molar-refractivity contribution is -0.148. The number of aliphatic imine (C=N–C) groups is 1. The lowest BCUT2D eigenvalue weighted by atomic mass is 9.67. The average molecular weight is 407 g/mol. The maximum atomic E-state index is 12.5. The Kier molecular flexibility index (Phi) is 9.34. The highest BCUT2D eigenvalue weighted by atomic mass is 19.4. The Labute approximate surface area is 167 Å². The second-order valence-corrected chi connectivity index (χ2v) is 8.34. The summed E-state index contributed by atoms with van der Waals surface area (Å²) in [5.74, 6) is 1.33. The fourth-order valence-electron chi connectivity index (χ4n) is 4.15. The van der Waals surface area contributed by atoms with Crippen LogP contribution in [0.15, 0.2) is 4.99 Å². The van der Waals surface area contributed by atoms with Gasteiger partial charge in [0.1, 0.15) is 0 Å². The first-order valence-corrected chi connectivity index (χ1v) is 10.7. The van der Waals surface area contributed by atoms with Crippen LogP contribution < -0.4 is 10.6 Å². The van der Waals surface area contributed by atoms with E-state index < -0.39 is 12.7 Å². The van der Waals surface area contributed by atoms with Crippen molar-refractivity contribution in [1.29, 1.82) is 0 Å². The summed E-state index contributed by atoms with van der Waals surface area (Å²) in [7, 11) is 1.74. The monoisotopic (exact) mass is 406 g/mol. The number of hydrogen-bond donors (Lipinski definition) is 2. The highest BCUT2D eigenvalue weighted by Gasteiger charge is 2.36. The minimum absolute atomic E-state index is 0.295. The minimum atomic E-state index is -4.09. The van der Waals surface area contributed by atoms with Crippen molar-refractivity contribution >= 4 is 5.96 Å². The molecule has 0 radical (unpaired) electrons. The number of rotatable bonds is 10. The summed E-state index contributed by atoms with van der Waals surface area (Å²) in [5.41, 5.74) is 0.295. The van der Waals surface area contributed by atoms with Crippen molar-refractivity contribution < 1.29 is 17.9 Å². The summed E-state index contributed by atoms with van der Waals surface area (Å²) in [6.45, 7) is 5.58. The van der Waals surface area contributed by atoms with Gasteiger partial charge in [-0.25, -0.2) is 0 Å². The van der Waals surface area contributed by atoms with Crippen molar-refractivity contribution in [3.05, 3.63) is 0 Å². The molecule has 0 bridgehead atoms. The second-order valence-electron chi connectivity index (χ2n) is 8.34. The van der Waals surface area contributed by atoms with Gasteiger partial charge in [-0.2, -0.15) is 13.2 Å². The van der Waals surface area contributed by atoms with E-state index in [1.165, 1.54) is 24.2 Å². The van der Waals surface area contributed by atoms with Crippen LogP contribution in [0.3, 0.4) is 0 Å². The molecule has 0 amide bonds. The second kappa shape index (κ2) is 11.2. The number of hydrogen-bond acceptors (Lipinski definition) is 3. The highest BCUT2D eigenvalue weighted by molar-refractivity contribution is 5.79. The molecule has 1 aliphatic heterocycles. The van der Waals surface area contributed by atoms with Crippen LogP contribution in [0.4, 0.5) is 13.2 Å². The lowest BCUT2D eigenvalue weighted by Crippen LogP contribution is -2.42. The van der Waals surface area contributed by atoms with Gasteiger partial charge in [0.05, 0.1) is 6.54 Å². The largest absolute Gasteiger partial charge is 0.401 e. The van der Waals surface area contributed by atoms with Crippen LogP contribution in [-0.4, -0.2) is 70.0 Å².